The molecular weight excluding hydrogens is 200 g/mol. The van der Waals surface area contributed by atoms with Crippen molar-refractivity contribution in [2.45, 2.75) is 32.1 Å². The average molecular weight is 216 g/mol. The first kappa shape index (κ1) is 9.63. The molecule has 3 rings (SSSR count). The first-order valence-corrected chi connectivity index (χ1v) is 5.66. The summed E-state index contributed by atoms with van der Waals surface area (Å²) in [6.45, 7) is 9.23. The van der Waals surface area contributed by atoms with Crippen LogP contribution in [0.25, 0.3) is 0 Å². The zero-order valence-corrected chi connectivity index (χ0v) is 9.72. The summed E-state index contributed by atoms with van der Waals surface area (Å²) in [5.41, 5.74) is 2.43. The van der Waals surface area contributed by atoms with Crippen LogP contribution in [0.4, 0.5) is 11.6 Å². The lowest BCUT2D eigenvalue weighted by Crippen LogP contribution is -2.37. The molecule has 0 amide bonds. The molecule has 2 N–H and O–H groups in total. The minimum absolute atomic E-state index is 0.145. The number of hydrogen-bond donors (Lipinski definition) is 2. The maximum Gasteiger partial charge on any atom is 0.139 e. The van der Waals surface area contributed by atoms with Gasteiger partial charge in [0.15, 0.2) is 0 Å². The highest BCUT2D eigenvalue weighted by Crippen LogP contribution is 2.46. The molecule has 0 spiro atoms. The van der Waals surface area contributed by atoms with Crippen molar-refractivity contribution in [3.05, 3.63) is 23.7 Å². The number of aromatic nitrogens is 2. The highest BCUT2D eigenvalue weighted by atomic mass is 15.1. The van der Waals surface area contributed by atoms with E-state index in [2.05, 4.69) is 34.1 Å². The van der Waals surface area contributed by atoms with E-state index in [9.17, 15) is 0 Å². The van der Waals surface area contributed by atoms with Crippen LogP contribution in [0.15, 0.2) is 12.3 Å². The quantitative estimate of drug-likeness (QED) is 0.698. The smallest absolute Gasteiger partial charge is 0.139 e. The average Bonchev–Trinajstić information content (AvgIpc) is 2.14. The summed E-state index contributed by atoms with van der Waals surface area (Å²) >= 11 is 0. The fraction of sp³-hybridized carbons (Fsp3) is 0.500. The second kappa shape index (κ2) is 2.97. The third kappa shape index (κ3) is 1.22. The Morgan fingerprint density at radius 2 is 2.06 bits per heavy atom. The molecule has 0 aliphatic carbocycles. The molecule has 4 heteroatoms. The van der Waals surface area contributed by atoms with Crippen LogP contribution in [-0.2, 0) is 5.41 Å². The van der Waals surface area contributed by atoms with Gasteiger partial charge in [-0.2, -0.15) is 0 Å². The summed E-state index contributed by atoms with van der Waals surface area (Å²) in [6, 6.07) is 0. The molecule has 1 atom stereocenters. The van der Waals surface area contributed by atoms with Gasteiger partial charge in [0.1, 0.15) is 17.5 Å². The van der Waals surface area contributed by atoms with Crippen molar-refractivity contribution in [2.75, 3.05) is 17.2 Å². The van der Waals surface area contributed by atoms with Crippen LogP contribution in [0.3, 0.4) is 0 Å². The summed E-state index contributed by atoms with van der Waals surface area (Å²) in [5.74, 6) is 2.73. The molecule has 0 fully saturated rings. The molecule has 1 aromatic heterocycles. The lowest BCUT2D eigenvalue weighted by Gasteiger charge is -2.41. The topological polar surface area (TPSA) is 49.8 Å². The summed E-state index contributed by atoms with van der Waals surface area (Å²) in [6.07, 6.45) is 2.08. The van der Waals surface area contributed by atoms with Gasteiger partial charge in [0.25, 0.3) is 0 Å². The highest BCUT2D eigenvalue weighted by Gasteiger charge is 2.39. The predicted octanol–water partition coefficient (Wildman–Crippen LogP) is 2.19. The van der Waals surface area contributed by atoms with E-state index in [1.807, 2.05) is 6.92 Å². The van der Waals surface area contributed by atoms with E-state index in [0.29, 0.717) is 0 Å². The van der Waals surface area contributed by atoms with Crippen LogP contribution < -0.4 is 10.6 Å². The maximum absolute atomic E-state index is 4.48. The lowest BCUT2D eigenvalue weighted by atomic mass is 9.72. The number of anilines is 2. The van der Waals surface area contributed by atoms with Gasteiger partial charge in [-0.3, -0.25) is 0 Å². The van der Waals surface area contributed by atoms with Gasteiger partial charge in [-0.1, -0.05) is 13.5 Å². The Kier molecular flexibility index (Phi) is 1.79. The number of allylic oxidation sites excluding steroid dienone is 1. The number of rotatable bonds is 0. The molecule has 1 unspecified atom stereocenters. The van der Waals surface area contributed by atoms with Crippen LogP contribution in [-0.4, -0.2) is 16.5 Å². The van der Waals surface area contributed by atoms with Crippen molar-refractivity contribution < 1.29 is 0 Å². The van der Waals surface area contributed by atoms with Gasteiger partial charge in [-0.25, -0.2) is 9.97 Å². The van der Waals surface area contributed by atoms with Gasteiger partial charge < -0.3 is 10.6 Å². The molecule has 16 heavy (non-hydrogen) atoms. The largest absolute Gasteiger partial charge is 0.370 e. The highest BCUT2D eigenvalue weighted by molar-refractivity contribution is 5.67. The van der Waals surface area contributed by atoms with Crippen LogP contribution in [0, 0.1) is 6.92 Å². The van der Waals surface area contributed by atoms with Gasteiger partial charge in [-0.05, 0) is 19.8 Å². The second-order valence-corrected chi connectivity index (χ2v) is 4.99. The Balaban J connectivity index is 2.27. The molecule has 4 nitrogen and oxygen atoms in total. The fourth-order valence-corrected chi connectivity index (χ4v) is 2.80. The molecule has 1 aromatic rings. The molecule has 0 aromatic carbocycles. The minimum atomic E-state index is 0.145. The van der Waals surface area contributed by atoms with E-state index in [-0.39, 0.29) is 5.41 Å². The number of nitrogens with zero attached hydrogens (tertiary/aromatic N) is 2. The SMILES string of the molecule is C=C1CC2(C)CCNc3nc(C)nc(c32)N1. The third-order valence-corrected chi connectivity index (χ3v) is 3.49. The number of hydrogen-bond acceptors (Lipinski definition) is 4. The van der Waals surface area contributed by atoms with Crippen LogP contribution in [0.5, 0.6) is 0 Å². The Bertz CT molecular complexity index is 480. The maximum atomic E-state index is 4.48. The fourth-order valence-electron chi connectivity index (χ4n) is 2.80. The van der Waals surface area contributed by atoms with E-state index < -0.39 is 0 Å². The van der Waals surface area contributed by atoms with Gasteiger partial charge in [0, 0.05) is 23.2 Å². The van der Waals surface area contributed by atoms with Gasteiger partial charge >= 0.3 is 0 Å². The van der Waals surface area contributed by atoms with E-state index >= 15 is 0 Å². The first-order chi connectivity index (χ1) is 7.58. The molecule has 0 saturated carbocycles. The molecule has 2 aliphatic heterocycles. The van der Waals surface area contributed by atoms with Gasteiger partial charge in [0.05, 0.1) is 0 Å². The van der Waals surface area contributed by atoms with E-state index in [4.69, 9.17) is 0 Å². The van der Waals surface area contributed by atoms with Crippen molar-refractivity contribution in [1.29, 1.82) is 0 Å². The van der Waals surface area contributed by atoms with Gasteiger partial charge in [0.2, 0.25) is 0 Å². The summed E-state index contributed by atoms with van der Waals surface area (Å²) in [7, 11) is 0. The zero-order chi connectivity index (χ0) is 11.3. The van der Waals surface area contributed by atoms with E-state index in [1.165, 1.54) is 5.56 Å². The van der Waals surface area contributed by atoms with E-state index in [0.717, 1.165) is 42.5 Å². The zero-order valence-electron chi connectivity index (χ0n) is 9.72. The summed E-state index contributed by atoms with van der Waals surface area (Å²) < 4.78 is 0. The first-order valence-electron chi connectivity index (χ1n) is 5.66. The van der Waals surface area contributed by atoms with Crippen molar-refractivity contribution in [3.8, 4) is 0 Å². The summed E-state index contributed by atoms with van der Waals surface area (Å²) in [4.78, 5) is 8.96. The standard InChI is InChI=1S/C12H16N4/c1-7-6-12(3)4-5-13-10-9(12)11(14-7)16-8(2)15-10/h1,4-6H2,2-3H3,(H2,13,14,15,16). The monoisotopic (exact) mass is 216 g/mol. The predicted molar refractivity (Wildman–Crippen MR) is 64.6 cm³/mol. The Morgan fingerprint density at radius 1 is 1.31 bits per heavy atom. The molecule has 84 valence electrons. The van der Waals surface area contributed by atoms with Crippen LogP contribution >= 0.6 is 0 Å². The Labute approximate surface area is 95.2 Å². The summed E-state index contributed by atoms with van der Waals surface area (Å²) in [5, 5.41) is 6.64. The third-order valence-electron chi connectivity index (χ3n) is 3.49. The Hall–Kier alpha value is -1.58. The minimum Gasteiger partial charge on any atom is -0.370 e. The van der Waals surface area contributed by atoms with Crippen molar-refractivity contribution in [1.82, 2.24) is 9.97 Å². The molecule has 0 bridgehead atoms. The van der Waals surface area contributed by atoms with Crippen LogP contribution in [0.2, 0.25) is 0 Å². The molecule has 0 saturated heterocycles. The van der Waals surface area contributed by atoms with Crippen molar-refractivity contribution >= 4 is 11.6 Å². The van der Waals surface area contributed by atoms with Crippen LogP contribution in [0.1, 0.15) is 31.2 Å². The normalized spacial score (nSPS) is 26.8. The van der Waals surface area contributed by atoms with Crippen molar-refractivity contribution in [2.24, 2.45) is 0 Å². The van der Waals surface area contributed by atoms with Crippen molar-refractivity contribution in [3.63, 3.8) is 0 Å². The molecule has 2 aliphatic rings. The number of aryl methyl sites for hydroxylation is 1. The molecule has 3 heterocycles. The number of nitrogens with one attached hydrogen (secondary N) is 2. The molecule has 0 radical (unpaired) electrons. The second-order valence-electron chi connectivity index (χ2n) is 4.99. The molecular formula is C12H16N4. The van der Waals surface area contributed by atoms with Gasteiger partial charge in [-0.15, -0.1) is 0 Å². The Morgan fingerprint density at radius 3 is 2.88 bits per heavy atom. The van der Waals surface area contributed by atoms with E-state index in [1.54, 1.807) is 0 Å². The lowest BCUT2D eigenvalue weighted by molar-refractivity contribution is 0.420.